The summed E-state index contributed by atoms with van der Waals surface area (Å²) >= 11 is 0. The maximum Gasteiger partial charge on any atom is 0.124 e. The van der Waals surface area contributed by atoms with E-state index in [0.29, 0.717) is 6.54 Å². The number of phenols is 2. The predicted octanol–water partition coefficient (Wildman–Crippen LogP) is 1.77. The highest BCUT2D eigenvalue weighted by atomic mass is 16.3. The first-order valence-electron chi connectivity index (χ1n) is 5.72. The van der Waals surface area contributed by atoms with Crippen LogP contribution in [0.2, 0.25) is 0 Å². The molecule has 0 heterocycles. The molecule has 0 fully saturated rings. The van der Waals surface area contributed by atoms with Crippen molar-refractivity contribution in [2.75, 3.05) is 13.2 Å². The molecule has 0 amide bonds. The summed E-state index contributed by atoms with van der Waals surface area (Å²) in [7, 11) is 0. The number of aliphatic hydroxyl groups is 1. The smallest absolute Gasteiger partial charge is 0.124 e. The van der Waals surface area contributed by atoms with Crippen molar-refractivity contribution in [3.05, 3.63) is 23.8 Å². The van der Waals surface area contributed by atoms with Gasteiger partial charge in [0.15, 0.2) is 0 Å². The summed E-state index contributed by atoms with van der Waals surface area (Å²) < 4.78 is 0. The zero-order valence-electron chi connectivity index (χ0n) is 10.6. The quantitative estimate of drug-likeness (QED) is 0.632. The summed E-state index contributed by atoms with van der Waals surface area (Å²) in [6.45, 7) is 6.60. The number of benzene rings is 1. The second-order valence-corrected chi connectivity index (χ2v) is 5.17. The first-order valence-corrected chi connectivity index (χ1v) is 5.72. The summed E-state index contributed by atoms with van der Waals surface area (Å²) in [5, 5.41) is 31.3. The predicted molar refractivity (Wildman–Crippen MR) is 67.1 cm³/mol. The molecule has 1 atom stereocenters. The number of nitrogens with one attached hydrogen (secondary N) is 1. The standard InChI is InChI=1S/C13H21NO3/c1-9(14-7-13(2,3)8-15)11-5-4-10(16)6-12(11)17/h4-6,9,14-17H,7-8H2,1-3H3. The minimum atomic E-state index is -0.194. The lowest BCUT2D eigenvalue weighted by atomic mass is 9.94. The Kier molecular flexibility index (Phi) is 4.37. The largest absolute Gasteiger partial charge is 0.508 e. The van der Waals surface area contributed by atoms with Gasteiger partial charge in [-0.3, -0.25) is 0 Å². The third-order valence-electron chi connectivity index (χ3n) is 2.80. The summed E-state index contributed by atoms with van der Waals surface area (Å²) in [4.78, 5) is 0. The molecule has 4 N–H and O–H groups in total. The van der Waals surface area contributed by atoms with Gasteiger partial charge in [0, 0.05) is 36.2 Å². The van der Waals surface area contributed by atoms with Gasteiger partial charge in [0.2, 0.25) is 0 Å². The van der Waals surface area contributed by atoms with Crippen molar-refractivity contribution in [1.82, 2.24) is 5.32 Å². The molecule has 0 aliphatic heterocycles. The van der Waals surface area contributed by atoms with Crippen molar-refractivity contribution in [3.63, 3.8) is 0 Å². The van der Waals surface area contributed by atoms with Crippen LogP contribution in [0, 0.1) is 5.41 Å². The molecule has 1 aromatic carbocycles. The van der Waals surface area contributed by atoms with E-state index in [1.165, 1.54) is 6.07 Å². The number of rotatable bonds is 5. The Morgan fingerprint density at radius 1 is 1.29 bits per heavy atom. The number of aliphatic hydroxyl groups excluding tert-OH is 1. The van der Waals surface area contributed by atoms with Crippen molar-refractivity contribution in [1.29, 1.82) is 0 Å². The van der Waals surface area contributed by atoms with Crippen LogP contribution in [-0.4, -0.2) is 28.5 Å². The molecule has 1 rings (SSSR count). The van der Waals surface area contributed by atoms with Gasteiger partial charge in [0.05, 0.1) is 0 Å². The third-order valence-corrected chi connectivity index (χ3v) is 2.80. The topological polar surface area (TPSA) is 72.7 Å². The van der Waals surface area contributed by atoms with Gasteiger partial charge in [-0.15, -0.1) is 0 Å². The van der Waals surface area contributed by atoms with Gasteiger partial charge < -0.3 is 20.6 Å². The van der Waals surface area contributed by atoms with Crippen molar-refractivity contribution in [2.24, 2.45) is 5.41 Å². The molecule has 0 aliphatic carbocycles. The number of phenolic OH excluding ortho intramolecular Hbond substituents is 2. The average molecular weight is 239 g/mol. The van der Waals surface area contributed by atoms with E-state index in [4.69, 9.17) is 5.11 Å². The highest BCUT2D eigenvalue weighted by molar-refractivity contribution is 5.40. The minimum absolute atomic E-state index is 0.0403. The number of hydrogen-bond acceptors (Lipinski definition) is 4. The van der Waals surface area contributed by atoms with Crippen LogP contribution >= 0.6 is 0 Å². The van der Waals surface area contributed by atoms with Crippen LogP contribution in [0.4, 0.5) is 0 Å². The van der Waals surface area contributed by atoms with Crippen molar-refractivity contribution in [3.8, 4) is 11.5 Å². The van der Waals surface area contributed by atoms with E-state index in [9.17, 15) is 10.2 Å². The molecule has 0 saturated carbocycles. The van der Waals surface area contributed by atoms with E-state index in [1.807, 2.05) is 20.8 Å². The summed E-state index contributed by atoms with van der Waals surface area (Å²) in [6.07, 6.45) is 0. The molecular formula is C13H21NO3. The lowest BCUT2D eigenvalue weighted by molar-refractivity contribution is 0.153. The van der Waals surface area contributed by atoms with Crippen LogP contribution in [0.3, 0.4) is 0 Å². The zero-order chi connectivity index (χ0) is 13.1. The van der Waals surface area contributed by atoms with Gasteiger partial charge in [-0.1, -0.05) is 19.9 Å². The lowest BCUT2D eigenvalue weighted by Crippen LogP contribution is -2.33. The Hall–Kier alpha value is -1.26. The minimum Gasteiger partial charge on any atom is -0.508 e. The summed E-state index contributed by atoms with van der Waals surface area (Å²) in [6, 6.07) is 4.52. The molecule has 0 bridgehead atoms. The fourth-order valence-electron chi connectivity index (χ4n) is 1.49. The number of hydrogen-bond donors (Lipinski definition) is 4. The van der Waals surface area contributed by atoms with Crippen LogP contribution in [0.25, 0.3) is 0 Å². The Morgan fingerprint density at radius 2 is 1.94 bits per heavy atom. The van der Waals surface area contributed by atoms with Gasteiger partial charge >= 0.3 is 0 Å². The molecule has 1 aromatic rings. The molecule has 0 saturated heterocycles. The van der Waals surface area contributed by atoms with Crippen LogP contribution in [0.15, 0.2) is 18.2 Å². The Labute approximate surface area is 102 Å². The van der Waals surface area contributed by atoms with E-state index < -0.39 is 0 Å². The molecule has 4 heteroatoms. The molecule has 96 valence electrons. The first kappa shape index (κ1) is 13.8. The van der Waals surface area contributed by atoms with Crippen LogP contribution in [0.5, 0.6) is 11.5 Å². The van der Waals surface area contributed by atoms with Gasteiger partial charge in [0.25, 0.3) is 0 Å². The van der Waals surface area contributed by atoms with E-state index in [2.05, 4.69) is 5.32 Å². The monoisotopic (exact) mass is 239 g/mol. The Balaban J connectivity index is 2.67. The SMILES string of the molecule is CC(NCC(C)(C)CO)c1ccc(O)cc1O. The normalized spacial score (nSPS) is 13.6. The van der Waals surface area contributed by atoms with E-state index >= 15 is 0 Å². The van der Waals surface area contributed by atoms with Gasteiger partial charge in [-0.05, 0) is 13.0 Å². The van der Waals surface area contributed by atoms with Crippen molar-refractivity contribution < 1.29 is 15.3 Å². The zero-order valence-corrected chi connectivity index (χ0v) is 10.6. The first-order chi connectivity index (χ1) is 7.85. The maximum absolute atomic E-state index is 9.70. The fraction of sp³-hybridized carbons (Fsp3) is 0.538. The summed E-state index contributed by atoms with van der Waals surface area (Å²) in [5.41, 5.74) is 0.539. The van der Waals surface area contributed by atoms with E-state index in [0.717, 1.165) is 5.56 Å². The molecule has 0 aliphatic rings. The van der Waals surface area contributed by atoms with E-state index in [-0.39, 0.29) is 29.6 Å². The molecule has 0 spiro atoms. The van der Waals surface area contributed by atoms with Crippen LogP contribution in [-0.2, 0) is 0 Å². The highest BCUT2D eigenvalue weighted by Crippen LogP contribution is 2.28. The summed E-state index contributed by atoms with van der Waals surface area (Å²) in [5.74, 6) is 0.126. The number of aromatic hydroxyl groups is 2. The van der Waals surface area contributed by atoms with Gasteiger partial charge in [-0.2, -0.15) is 0 Å². The van der Waals surface area contributed by atoms with Crippen molar-refractivity contribution >= 4 is 0 Å². The third kappa shape index (κ3) is 3.91. The van der Waals surface area contributed by atoms with E-state index in [1.54, 1.807) is 12.1 Å². The fourth-order valence-corrected chi connectivity index (χ4v) is 1.49. The van der Waals surface area contributed by atoms with Crippen LogP contribution in [0.1, 0.15) is 32.4 Å². The van der Waals surface area contributed by atoms with Gasteiger partial charge in [0.1, 0.15) is 11.5 Å². The maximum atomic E-state index is 9.70. The van der Waals surface area contributed by atoms with Crippen molar-refractivity contribution in [2.45, 2.75) is 26.8 Å². The second kappa shape index (κ2) is 5.38. The molecule has 0 radical (unpaired) electrons. The highest BCUT2D eigenvalue weighted by Gasteiger charge is 2.18. The molecule has 4 nitrogen and oxygen atoms in total. The average Bonchev–Trinajstić information content (AvgIpc) is 2.26. The Bertz CT molecular complexity index is 377. The molecule has 1 unspecified atom stereocenters. The molecule has 17 heavy (non-hydrogen) atoms. The molecule has 0 aromatic heterocycles. The van der Waals surface area contributed by atoms with Crippen LogP contribution < -0.4 is 5.32 Å². The Morgan fingerprint density at radius 3 is 2.47 bits per heavy atom. The molecular weight excluding hydrogens is 218 g/mol. The van der Waals surface area contributed by atoms with Gasteiger partial charge in [-0.25, -0.2) is 0 Å². The lowest BCUT2D eigenvalue weighted by Gasteiger charge is -2.25. The second-order valence-electron chi connectivity index (χ2n) is 5.17.